The Hall–Kier alpha value is -0.560. The molecule has 1 N–H and O–H groups in total. The van der Waals surface area contributed by atoms with Crippen LogP contribution >= 0.6 is 0 Å². The predicted molar refractivity (Wildman–Crippen MR) is 133 cm³/mol. The van der Waals surface area contributed by atoms with Gasteiger partial charge < -0.3 is 5.11 Å². The first-order valence-corrected chi connectivity index (χ1v) is 13.4. The van der Waals surface area contributed by atoms with E-state index in [1.807, 2.05) is 11.1 Å². The van der Waals surface area contributed by atoms with Crippen LogP contribution in [-0.4, -0.2) is 11.2 Å². The summed E-state index contributed by atoms with van der Waals surface area (Å²) < 4.78 is 0. The molecule has 31 heavy (non-hydrogen) atoms. The van der Waals surface area contributed by atoms with Gasteiger partial charge in [0, 0.05) is 0 Å². The highest BCUT2D eigenvalue weighted by atomic mass is 16.3. The van der Waals surface area contributed by atoms with Gasteiger partial charge in [-0.05, 0) is 117 Å². The minimum atomic E-state index is -0.121. The van der Waals surface area contributed by atoms with Crippen LogP contribution < -0.4 is 0 Å². The fraction of sp³-hybridized carbons (Fsp3) is 0.867. The van der Waals surface area contributed by atoms with Crippen LogP contribution in [0.1, 0.15) is 120 Å². The van der Waals surface area contributed by atoms with E-state index in [0.717, 1.165) is 18.3 Å². The maximum atomic E-state index is 10.8. The molecule has 1 heteroatoms. The number of aliphatic hydroxyl groups excluding tert-OH is 1. The Labute approximate surface area is 193 Å². The molecule has 0 unspecified atom stereocenters. The zero-order chi connectivity index (χ0) is 22.8. The molecular formula is C30H50O. The van der Waals surface area contributed by atoms with Crippen molar-refractivity contribution in [2.75, 3.05) is 0 Å². The van der Waals surface area contributed by atoms with E-state index < -0.39 is 0 Å². The van der Waals surface area contributed by atoms with Crippen molar-refractivity contribution in [1.29, 1.82) is 0 Å². The van der Waals surface area contributed by atoms with E-state index in [0.29, 0.717) is 22.2 Å². The highest BCUT2D eigenvalue weighted by Crippen LogP contribution is 2.74. The highest BCUT2D eigenvalue weighted by Gasteiger charge is 2.66. The third kappa shape index (κ3) is 3.34. The van der Waals surface area contributed by atoms with Gasteiger partial charge in [0.2, 0.25) is 0 Å². The third-order valence-corrected chi connectivity index (χ3v) is 11.7. The van der Waals surface area contributed by atoms with Gasteiger partial charge in [-0.15, -0.1) is 0 Å². The fourth-order valence-corrected chi connectivity index (χ4v) is 9.59. The number of fused-ring (bicyclic) bond motifs is 5. The molecule has 0 aromatic heterocycles. The van der Waals surface area contributed by atoms with Gasteiger partial charge in [0.05, 0.1) is 6.10 Å². The van der Waals surface area contributed by atoms with E-state index >= 15 is 0 Å². The molecular weight excluding hydrogens is 376 g/mol. The van der Waals surface area contributed by atoms with Gasteiger partial charge >= 0.3 is 0 Å². The van der Waals surface area contributed by atoms with Crippen molar-refractivity contribution >= 4 is 0 Å². The Morgan fingerprint density at radius 3 is 2.35 bits per heavy atom. The SMILES string of the molecule is CC(C)=CCC[C@H](C)C1=C2CC[C@@H]3[C@@]4(C)CC[C@H](O)C(C)(C)[C@@H]4CC[C@@]3(C)[C@]2(C)CC1. The molecule has 0 bridgehead atoms. The van der Waals surface area contributed by atoms with Crippen molar-refractivity contribution in [3.05, 3.63) is 22.8 Å². The van der Waals surface area contributed by atoms with Gasteiger partial charge in [-0.1, -0.05) is 64.3 Å². The zero-order valence-electron chi connectivity index (χ0n) is 21.9. The van der Waals surface area contributed by atoms with Gasteiger partial charge in [0.1, 0.15) is 0 Å². The van der Waals surface area contributed by atoms with Crippen LogP contribution in [-0.2, 0) is 0 Å². The van der Waals surface area contributed by atoms with Crippen LogP contribution in [0.25, 0.3) is 0 Å². The molecule has 4 aliphatic rings. The number of hydrogen-bond donors (Lipinski definition) is 1. The summed E-state index contributed by atoms with van der Waals surface area (Å²) in [5.74, 6) is 2.21. The minimum absolute atomic E-state index is 0.0611. The normalized spacial score (nSPS) is 44.9. The van der Waals surface area contributed by atoms with Crippen molar-refractivity contribution in [2.24, 2.45) is 39.4 Å². The van der Waals surface area contributed by atoms with Crippen molar-refractivity contribution < 1.29 is 5.11 Å². The summed E-state index contributed by atoms with van der Waals surface area (Å²) in [7, 11) is 0. The molecule has 0 aromatic rings. The molecule has 3 saturated carbocycles. The number of allylic oxidation sites excluding steroid dienone is 4. The molecule has 7 atom stereocenters. The molecule has 0 aliphatic heterocycles. The van der Waals surface area contributed by atoms with E-state index in [1.165, 1.54) is 63.4 Å². The average Bonchev–Trinajstić information content (AvgIpc) is 3.03. The van der Waals surface area contributed by atoms with Crippen LogP contribution in [0.15, 0.2) is 22.8 Å². The maximum Gasteiger partial charge on any atom is 0.0594 e. The molecule has 3 fully saturated rings. The van der Waals surface area contributed by atoms with Crippen LogP contribution in [0.2, 0.25) is 0 Å². The van der Waals surface area contributed by atoms with Gasteiger partial charge in [-0.25, -0.2) is 0 Å². The van der Waals surface area contributed by atoms with Crippen LogP contribution in [0.5, 0.6) is 0 Å². The molecule has 176 valence electrons. The van der Waals surface area contributed by atoms with Gasteiger partial charge in [0.25, 0.3) is 0 Å². The molecule has 0 radical (unpaired) electrons. The fourth-order valence-electron chi connectivity index (χ4n) is 9.59. The van der Waals surface area contributed by atoms with E-state index in [-0.39, 0.29) is 11.5 Å². The first kappa shape index (κ1) is 23.6. The lowest BCUT2D eigenvalue weighted by atomic mass is 9.36. The number of hydrogen-bond acceptors (Lipinski definition) is 1. The largest absolute Gasteiger partial charge is 0.393 e. The average molecular weight is 427 g/mol. The van der Waals surface area contributed by atoms with Gasteiger partial charge in [-0.3, -0.25) is 0 Å². The van der Waals surface area contributed by atoms with Crippen molar-refractivity contribution in [1.82, 2.24) is 0 Å². The summed E-state index contributed by atoms with van der Waals surface area (Å²) in [6.07, 6.45) is 15.2. The lowest BCUT2D eigenvalue weighted by Gasteiger charge is -2.69. The Morgan fingerprint density at radius 2 is 1.68 bits per heavy atom. The van der Waals surface area contributed by atoms with Crippen molar-refractivity contribution in [3.8, 4) is 0 Å². The smallest absolute Gasteiger partial charge is 0.0594 e. The maximum absolute atomic E-state index is 10.8. The summed E-state index contributed by atoms with van der Waals surface area (Å²) in [5, 5.41) is 10.8. The van der Waals surface area contributed by atoms with E-state index in [2.05, 4.69) is 61.5 Å². The van der Waals surface area contributed by atoms with Crippen LogP contribution in [0.3, 0.4) is 0 Å². The summed E-state index contributed by atoms with van der Waals surface area (Å²) in [6.45, 7) is 19.7. The molecule has 4 aliphatic carbocycles. The molecule has 0 spiro atoms. The van der Waals surface area contributed by atoms with Crippen molar-refractivity contribution in [3.63, 3.8) is 0 Å². The molecule has 0 saturated heterocycles. The second kappa shape index (κ2) is 7.75. The summed E-state index contributed by atoms with van der Waals surface area (Å²) >= 11 is 0. The summed E-state index contributed by atoms with van der Waals surface area (Å²) in [6, 6.07) is 0. The van der Waals surface area contributed by atoms with Crippen molar-refractivity contribution in [2.45, 2.75) is 126 Å². The molecule has 1 nitrogen and oxygen atoms in total. The number of aliphatic hydroxyl groups is 1. The molecule has 0 aromatic carbocycles. The lowest BCUT2D eigenvalue weighted by Crippen LogP contribution is -2.62. The molecule has 0 amide bonds. The molecule has 0 heterocycles. The van der Waals surface area contributed by atoms with E-state index in [4.69, 9.17) is 0 Å². The lowest BCUT2D eigenvalue weighted by molar-refractivity contribution is -0.200. The second-order valence-corrected chi connectivity index (χ2v) is 13.6. The van der Waals surface area contributed by atoms with Crippen LogP contribution in [0.4, 0.5) is 0 Å². The highest BCUT2D eigenvalue weighted by molar-refractivity contribution is 5.36. The standard InChI is InChI=1S/C30H50O/c1-20(2)10-9-11-21(3)22-14-18-29(7)23(22)12-13-25-28(6)17-16-26(31)27(4,5)24(28)15-19-30(25,29)8/h10,21,24-26,31H,9,11-19H2,1-8H3/t21-,24-,25+,26-,28-,29+,30+/m0/s1. The Balaban J connectivity index is 1.64. The minimum Gasteiger partial charge on any atom is -0.393 e. The first-order chi connectivity index (χ1) is 14.4. The second-order valence-electron chi connectivity index (χ2n) is 13.6. The van der Waals surface area contributed by atoms with Gasteiger partial charge in [0.15, 0.2) is 0 Å². The summed E-state index contributed by atoms with van der Waals surface area (Å²) in [5.41, 5.74) is 6.45. The monoisotopic (exact) mass is 426 g/mol. The van der Waals surface area contributed by atoms with Crippen LogP contribution in [0, 0.1) is 39.4 Å². The predicted octanol–water partition coefficient (Wildman–Crippen LogP) is 8.48. The zero-order valence-corrected chi connectivity index (χ0v) is 21.9. The quantitative estimate of drug-likeness (QED) is 0.447. The topological polar surface area (TPSA) is 20.2 Å². The Bertz CT molecular complexity index is 767. The number of rotatable bonds is 4. The third-order valence-electron chi connectivity index (χ3n) is 11.7. The summed E-state index contributed by atoms with van der Waals surface area (Å²) in [4.78, 5) is 0. The molecule has 4 rings (SSSR count). The Kier molecular flexibility index (Phi) is 5.90. The van der Waals surface area contributed by atoms with E-state index in [9.17, 15) is 5.11 Å². The Morgan fingerprint density at radius 1 is 0.968 bits per heavy atom. The first-order valence-electron chi connectivity index (χ1n) is 13.4. The van der Waals surface area contributed by atoms with Gasteiger partial charge in [-0.2, -0.15) is 0 Å². The van der Waals surface area contributed by atoms with E-state index in [1.54, 1.807) is 0 Å².